The number of benzene rings is 1. The molecule has 2 rings (SSSR count). The highest BCUT2D eigenvalue weighted by molar-refractivity contribution is 6.30. The van der Waals surface area contributed by atoms with Gasteiger partial charge >= 0.3 is 6.03 Å². The lowest BCUT2D eigenvalue weighted by molar-refractivity contribution is 0.244. The summed E-state index contributed by atoms with van der Waals surface area (Å²) in [6.07, 6.45) is 3.33. The van der Waals surface area contributed by atoms with Gasteiger partial charge in [-0.05, 0) is 36.4 Å². The molecule has 1 heterocycles. The van der Waals surface area contributed by atoms with Crippen molar-refractivity contribution < 1.29 is 4.79 Å². The van der Waals surface area contributed by atoms with Gasteiger partial charge in [-0.15, -0.1) is 0 Å². The van der Waals surface area contributed by atoms with Gasteiger partial charge in [0.2, 0.25) is 0 Å². The summed E-state index contributed by atoms with van der Waals surface area (Å²) in [5.74, 6) is 0. The van der Waals surface area contributed by atoms with E-state index in [0.717, 1.165) is 5.69 Å². The molecule has 0 saturated carbocycles. The largest absolute Gasteiger partial charge is 0.344 e. The second-order valence-electron chi connectivity index (χ2n) is 3.15. The standard InChI is InChI=1S/C11H10ClN3O/c12-9-3-5-10(6-4-9)13-14-11(16)15-7-1-2-8-15/h1-8,13H,(H,14,16). The number of rotatable bonds is 2. The fraction of sp³-hybridized carbons (Fsp3) is 0. The molecule has 0 aliphatic carbocycles. The molecular weight excluding hydrogens is 226 g/mol. The lowest BCUT2D eigenvalue weighted by atomic mass is 10.3. The van der Waals surface area contributed by atoms with Gasteiger partial charge in [0, 0.05) is 17.4 Å². The first-order valence-electron chi connectivity index (χ1n) is 4.70. The predicted octanol–water partition coefficient (Wildman–Crippen LogP) is 2.73. The normalized spacial score (nSPS) is 9.81. The molecule has 0 spiro atoms. The Hall–Kier alpha value is -1.94. The summed E-state index contributed by atoms with van der Waals surface area (Å²) in [6, 6.07) is 10.3. The third-order valence-corrected chi connectivity index (χ3v) is 2.25. The lowest BCUT2D eigenvalue weighted by Crippen LogP contribution is -2.32. The molecule has 5 heteroatoms. The maximum absolute atomic E-state index is 11.5. The van der Waals surface area contributed by atoms with Crippen molar-refractivity contribution in [3.05, 3.63) is 53.8 Å². The molecule has 82 valence electrons. The Morgan fingerprint density at radius 2 is 1.75 bits per heavy atom. The maximum atomic E-state index is 11.5. The molecule has 0 saturated heterocycles. The number of nitrogens with one attached hydrogen (secondary N) is 2. The van der Waals surface area contributed by atoms with Gasteiger partial charge in [-0.2, -0.15) is 0 Å². The van der Waals surface area contributed by atoms with Gasteiger partial charge in [-0.1, -0.05) is 11.6 Å². The Morgan fingerprint density at radius 3 is 2.38 bits per heavy atom. The van der Waals surface area contributed by atoms with Crippen LogP contribution in [-0.4, -0.2) is 10.6 Å². The number of nitrogens with zero attached hydrogens (tertiary/aromatic N) is 1. The molecule has 0 fully saturated rings. The summed E-state index contributed by atoms with van der Waals surface area (Å²) in [6.45, 7) is 0. The van der Waals surface area contributed by atoms with E-state index in [1.165, 1.54) is 4.57 Å². The van der Waals surface area contributed by atoms with Crippen molar-refractivity contribution >= 4 is 23.3 Å². The first kappa shape index (κ1) is 10.6. The highest BCUT2D eigenvalue weighted by atomic mass is 35.5. The van der Waals surface area contributed by atoms with Crippen LogP contribution < -0.4 is 10.9 Å². The Kier molecular flexibility index (Phi) is 3.12. The molecule has 4 nitrogen and oxygen atoms in total. The number of carbonyl (C=O) groups is 1. The van der Waals surface area contributed by atoms with Crippen LogP contribution in [0.1, 0.15) is 0 Å². The number of aromatic nitrogens is 1. The van der Waals surface area contributed by atoms with Gasteiger partial charge in [0.15, 0.2) is 0 Å². The fourth-order valence-corrected chi connectivity index (χ4v) is 1.32. The second kappa shape index (κ2) is 4.72. The van der Waals surface area contributed by atoms with Crippen LogP contribution in [0.4, 0.5) is 10.5 Å². The van der Waals surface area contributed by atoms with Gasteiger partial charge < -0.3 is 0 Å². The molecule has 1 aromatic carbocycles. The van der Waals surface area contributed by atoms with E-state index >= 15 is 0 Å². The lowest BCUT2D eigenvalue weighted by Gasteiger charge is -2.08. The molecule has 0 aliphatic heterocycles. The minimum Gasteiger partial charge on any atom is -0.297 e. The third kappa shape index (κ3) is 2.55. The summed E-state index contributed by atoms with van der Waals surface area (Å²) in [5, 5.41) is 0.655. The van der Waals surface area contributed by atoms with E-state index in [-0.39, 0.29) is 6.03 Å². The maximum Gasteiger partial charge on any atom is 0.344 e. The van der Waals surface area contributed by atoms with Crippen molar-refractivity contribution in [1.29, 1.82) is 0 Å². The molecule has 2 N–H and O–H groups in total. The second-order valence-corrected chi connectivity index (χ2v) is 3.59. The van der Waals surface area contributed by atoms with Crippen molar-refractivity contribution in [1.82, 2.24) is 9.99 Å². The Morgan fingerprint density at radius 1 is 1.12 bits per heavy atom. The molecule has 0 bridgehead atoms. The van der Waals surface area contributed by atoms with Crippen molar-refractivity contribution in [2.45, 2.75) is 0 Å². The molecule has 0 unspecified atom stereocenters. The number of hydrazine groups is 1. The number of anilines is 1. The van der Waals surface area contributed by atoms with Gasteiger partial charge in [-0.3, -0.25) is 15.4 Å². The Bertz CT molecular complexity index is 464. The quantitative estimate of drug-likeness (QED) is 0.787. The molecule has 2 aromatic rings. The first-order valence-corrected chi connectivity index (χ1v) is 5.08. The number of halogens is 1. The molecule has 1 amide bonds. The molecule has 0 aliphatic rings. The molecule has 0 atom stereocenters. The van der Waals surface area contributed by atoms with E-state index in [2.05, 4.69) is 10.9 Å². The fourth-order valence-electron chi connectivity index (χ4n) is 1.19. The van der Waals surface area contributed by atoms with Gasteiger partial charge in [0.1, 0.15) is 0 Å². The van der Waals surface area contributed by atoms with E-state index < -0.39 is 0 Å². The Balaban J connectivity index is 1.93. The van der Waals surface area contributed by atoms with Gasteiger partial charge in [0.25, 0.3) is 0 Å². The van der Waals surface area contributed by atoms with Crippen LogP contribution in [0.15, 0.2) is 48.8 Å². The minimum absolute atomic E-state index is 0.250. The third-order valence-electron chi connectivity index (χ3n) is 2.00. The summed E-state index contributed by atoms with van der Waals surface area (Å²) in [4.78, 5) is 11.5. The van der Waals surface area contributed by atoms with E-state index in [1.54, 1.807) is 48.8 Å². The highest BCUT2D eigenvalue weighted by Gasteiger charge is 2.00. The molecule has 1 aromatic heterocycles. The van der Waals surface area contributed by atoms with Crippen molar-refractivity contribution in [2.75, 3.05) is 5.43 Å². The predicted molar refractivity (Wildman–Crippen MR) is 63.4 cm³/mol. The number of hydrogen-bond acceptors (Lipinski definition) is 2. The topological polar surface area (TPSA) is 46.1 Å². The van der Waals surface area contributed by atoms with Crippen LogP contribution in [0, 0.1) is 0 Å². The zero-order valence-electron chi connectivity index (χ0n) is 8.35. The molecule has 0 radical (unpaired) electrons. The number of hydrogen-bond donors (Lipinski definition) is 2. The van der Waals surface area contributed by atoms with Crippen molar-refractivity contribution in [3.63, 3.8) is 0 Å². The average molecular weight is 236 g/mol. The monoisotopic (exact) mass is 235 g/mol. The SMILES string of the molecule is O=C(NNc1ccc(Cl)cc1)n1cccc1. The van der Waals surface area contributed by atoms with Crippen LogP contribution in [0.25, 0.3) is 0 Å². The van der Waals surface area contributed by atoms with Crippen LogP contribution in [-0.2, 0) is 0 Å². The van der Waals surface area contributed by atoms with E-state index in [0.29, 0.717) is 5.02 Å². The molecular formula is C11H10ClN3O. The summed E-state index contributed by atoms with van der Waals surface area (Å²) >= 11 is 5.74. The van der Waals surface area contributed by atoms with Crippen LogP contribution >= 0.6 is 11.6 Å². The van der Waals surface area contributed by atoms with E-state index in [1.807, 2.05) is 0 Å². The van der Waals surface area contributed by atoms with Gasteiger partial charge in [-0.25, -0.2) is 4.79 Å². The number of carbonyl (C=O) groups excluding carboxylic acids is 1. The summed E-state index contributed by atoms with van der Waals surface area (Å²) in [7, 11) is 0. The first-order chi connectivity index (χ1) is 7.75. The van der Waals surface area contributed by atoms with Crippen molar-refractivity contribution in [2.24, 2.45) is 0 Å². The molecule has 16 heavy (non-hydrogen) atoms. The highest BCUT2D eigenvalue weighted by Crippen LogP contribution is 2.12. The number of amides is 1. The van der Waals surface area contributed by atoms with Crippen LogP contribution in [0.5, 0.6) is 0 Å². The summed E-state index contributed by atoms with van der Waals surface area (Å²) in [5.41, 5.74) is 6.10. The van der Waals surface area contributed by atoms with E-state index in [4.69, 9.17) is 11.6 Å². The van der Waals surface area contributed by atoms with E-state index in [9.17, 15) is 4.79 Å². The Labute approximate surface area is 97.8 Å². The smallest absolute Gasteiger partial charge is 0.297 e. The minimum atomic E-state index is -0.250. The zero-order valence-corrected chi connectivity index (χ0v) is 9.11. The zero-order chi connectivity index (χ0) is 11.4. The summed E-state index contributed by atoms with van der Waals surface area (Å²) < 4.78 is 1.43. The van der Waals surface area contributed by atoms with Crippen LogP contribution in [0.2, 0.25) is 5.02 Å². The van der Waals surface area contributed by atoms with Gasteiger partial charge in [0.05, 0.1) is 5.69 Å². The average Bonchev–Trinajstić information content (AvgIpc) is 2.81. The van der Waals surface area contributed by atoms with Crippen molar-refractivity contribution in [3.8, 4) is 0 Å². The van der Waals surface area contributed by atoms with Crippen LogP contribution in [0.3, 0.4) is 0 Å².